The number of halogens is 2. The Morgan fingerprint density at radius 3 is 2.08 bits per heavy atom. The van der Waals surface area contributed by atoms with Gasteiger partial charge in [0, 0.05) is 0 Å². The van der Waals surface area contributed by atoms with Gasteiger partial charge >= 0.3 is 26.2 Å². The number of nitrogens with one attached hydrogen (secondary N) is 1. The fourth-order valence-electron chi connectivity index (χ4n) is 3.62. The first-order valence-corrected chi connectivity index (χ1v) is 11.0. The van der Waals surface area contributed by atoms with Crippen molar-refractivity contribution in [2.24, 2.45) is 5.92 Å². The van der Waals surface area contributed by atoms with Crippen molar-refractivity contribution in [3.05, 3.63) is 51.7 Å². The van der Waals surface area contributed by atoms with E-state index >= 15 is 0 Å². The Labute approximate surface area is 190 Å². The number of amides is 1. The summed E-state index contributed by atoms with van der Waals surface area (Å²) in [4.78, 5) is 16.1. The Bertz CT molecular complexity index is 717. The Hall–Kier alpha value is -0.350. The number of carbonyl (C=O) groups excluding carboxylic acids is 1. The average Bonchev–Trinajstić information content (AvgIpc) is 2.70. The summed E-state index contributed by atoms with van der Waals surface area (Å²) in [5, 5.41) is 1.43. The third-order valence-electron chi connectivity index (χ3n) is 5.09. The van der Waals surface area contributed by atoms with Crippen LogP contribution >= 0.6 is 0 Å². The van der Waals surface area contributed by atoms with Gasteiger partial charge in [-0.2, -0.15) is 0 Å². The molecule has 0 aromatic heterocycles. The van der Waals surface area contributed by atoms with E-state index < -0.39 is 8.24 Å². The van der Waals surface area contributed by atoms with Gasteiger partial charge in [-0.25, -0.2) is 0 Å². The molecular weight excluding hydrogens is 464 g/mol. The Kier molecular flexibility index (Phi) is 11.6. The average molecular weight is 492 g/mol. The van der Waals surface area contributed by atoms with E-state index in [1.54, 1.807) is 7.11 Å². The molecule has 0 saturated carbocycles. The molecule has 1 aromatic carbocycles. The monoisotopic (exact) mass is 489 g/mol. The molecule has 1 aromatic rings. The van der Waals surface area contributed by atoms with E-state index in [1.807, 2.05) is 24.3 Å². The van der Waals surface area contributed by atoms with Crippen LogP contribution in [-0.4, -0.2) is 21.3 Å². The molecule has 1 N–H and O–H groups in total. The van der Waals surface area contributed by atoms with Crippen LogP contribution in [0.3, 0.4) is 0 Å². The number of carbonyl (C=O) groups is 1. The minimum atomic E-state index is -2.08. The second-order valence-electron chi connectivity index (χ2n) is 6.85. The first-order valence-electron chi connectivity index (χ1n) is 8.05. The van der Waals surface area contributed by atoms with Crippen molar-refractivity contribution in [1.29, 1.82) is 0 Å². The summed E-state index contributed by atoms with van der Waals surface area (Å²) in [6, 6.07) is 7.37. The number of allylic oxidation sites excluding steroid dienone is 4. The van der Waals surface area contributed by atoms with E-state index in [-0.39, 0.29) is 56.9 Å². The minimum absolute atomic E-state index is 0. The number of benzene rings is 1. The van der Waals surface area contributed by atoms with E-state index in [4.69, 9.17) is 4.74 Å². The summed E-state index contributed by atoms with van der Waals surface area (Å²) < 4.78 is 5.32. The molecule has 1 unspecified atom stereocenters. The van der Waals surface area contributed by atoms with E-state index in [0.717, 1.165) is 0 Å². The second-order valence-corrected chi connectivity index (χ2v) is 10.9. The van der Waals surface area contributed by atoms with Crippen LogP contribution in [0.2, 0.25) is 13.1 Å². The number of rotatable bonds is 4. The smallest absolute Gasteiger partial charge is 1.00 e. The summed E-state index contributed by atoms with van der Waals surface area (Å²) in [5.74, 6) is 0.980. The molecule has 26 heavy (non-hydrogen) atoms. The minimum Gasteiger partial charge on any atom is -1.00 e. The standard InChI is InChI=1S/C19H27NO2Si.2ClH.Zr/c1-12-13(2)15(4)18(14(12)3)23(6,7)20-19(21)16-10-8-9-11-17(16)22-5;;;/h8-11,14H,1-7H3,(H,20,21);2*1H;/q;;;+2/p-2. The van der Waals surface area contributed by atoms with Gasteiger partial charge in [-0.1, -0.05) is 35.4 Å². The number of hydrogen-bond donors (Lipinski definition) is 1. The SMILES string of the molecule is COc1ccccc1C(=O)N[Si](C)(C)C1=C(C)C(C)=C(C)C1C.[Cl-].[Cl-].[Zr+2]. The van der Waals surface area contributed by atoms with E-state index in [2.05, 4.69) is 45.8 Å². The van der Waals surface area contributed by atoms with Crippen molar-refractivity contribution in [2.75, 3.05) is 7.11 Å². The van der Waals surface area contributed by atoms with Crippen LogP contribution < -0.4 is 34.5 Å². The molecule has 0 bridgehead atoms. The molecule has 1 atom stereocenters. The third kappa shape index (κ3) is 5.34. The van der Waals surface area contributed by atoms with Crippen LogP contribution in [0.4, 0.5) is 0 Å². The predicted molar refractivity (Wildman–Crippen MR) is 98.2 cm³/mol. The van der Waals surface area contributed by atoms with Crippen LogP contribution in [0.1, 0.15) is 38.1 Å². The zero-order chi connectivity index (χ0) is 17.4. The maximum absolute atomic E-state index is 12.8. The van der Waals surface area contributed by atoms with Crippen molar-refractivity contribution in [3.63, 3.8) is 0 Å². The van der Waals surface area contributed by atoms with Gasteiger partial charge in [-0.15, -0.1) is 0 Å². The van der Waals surface area contributed by atoms with Gasteiger partial charge in [-0.05, 0) is 57.5 Å². The summed E-state index contributed by atoms with van der Waals surface area (Å²) in [6.45, 7) is 13.2. The number of ether oxygens (including phenoxy) is 1. The van der Waals surface area contributed by atoms with Crippen molar-refractivity contribution < 1.29 is 60.5 Å². The number of methoxy groups -OCH3 is 1. The second kappa shape index (κ2) is 10.8. The van der Waals surface area contributed by atoms with Crippen LogP contribution in [0.25, 0.3) is 0 Å². The molecule has 0 fully saturated rings. The molecule has 0 heterocycles. The summed E-state index contributed by atoms with van der Waals surface area (Å²) >= 11 is 0. The predicted octanol–water partition coefficient (Wildman–Crippen LogP) is -1.52. The molecule has 7 heteroatoms. The number of para-hydroxylation sites is 1. The van der Waals surface area contributed by atoms with Gasteiger partial charge < -0.3 is 34.5 Å². The van der Waals surface area contributed by atoms with Crippen molar-refractivity contribution in [1.82, 2.24) is 4.98 Å². The molecule has 1 amide bonds. The van der Waals surface area contributed by atoms with Crippen molar-refractivity contribution in [2.45, 2.75) is 40.8 Å². The van der Waals surface area contributed by atoms with Crippen LogP contribution in [0.5, 0.6) is 5.75 Å². The Balaban J connectivity index is 0. The molecule has 0 aliphatic heterocycles. The van der Waals surface area contributed by atoms with Gasteiger partial charge in [-0.3, -0.25) is 4.79 Å². The molecule has 0 saturated heterocycles. The topological polar surface area (TPSA) is 38.3 Å². The van der Waals surface area contributed by atoms with Gasteiger partial charge in [0.25, 0.3) is 0 Å². The molecule has 1 aliphatic rings. The zero-order valence-corrected chi connectivity index (χ0v) is 21.4. The van der Waals surface area contributed by atoms with Gasteiger partial charge in [0.1, 0.15) is 5.75 Å². The largest absolute Gasteiger partial charge is 2.00 e. The first kappa shape index (κ1) is 27.9. The normalized spacial score (nSPS) is 16.3. The first-order chi connectivity index (χ1) is 10.7. The fraction of sp³-hybridized carbons (Fsp3) is 0.421. The van der Waals surface area contributed by atoms with Crippen molar-refractivity contribution in [3.8, 4) is 5.75 Å². The Morgan fingerprint density at radius 1 is 1.08 bits per heavy atom. The quantitative estimate of drug-likeness (QED) is 0.520. The van der Waals surface area contributed by atoms with Crippen LogP contribution in [-0.2, 0) is 26.2 Å². The van der Waals surface area contributed by atoms with Gasteiger partial charge in [0.05, 0.1) is 12.7 Å². The van der Waals surface area contributed by atoms with E-state index in [1.165, 1.54) is 21.9 Å². The third-order valence-corrected chi connectivity index (χ3v) is 8.10. The molecule has 2 rings (SSSR count). The van der Waals surface area contributed by atoms with E-state index in [0.29, 0.717) is 17.2 Å². The van der Waals surface area contributed by atoms with Crippen LogP contribution in [0.15, 0.2) is 46.2 Å². The summed E-state index contributed by atoms with van der Waals surface area (Å²) in [5.41, 5.74) is 4.75. The maximum Gasteiger partial charge on any atom is 2.00 e. The molecule has 3 nitrogen and oxygen atoms in total. The summed E-state index contributed by atoms with van der Waals surface area (Å²) in [6.07, 6.45) is 0. The number of hydrogen-bond acceptors (Lipinski definition) is 2. The van der Waals surface area contributed by atoms with Gasteiger partial charge in [0.15, 0.2) is 8.24 Å². The Morgan fingerprint density at radius 2 is 1.62 bits per heavy atom. The van der Waals surface area contributed by atoms with E-state index in [9.17, 15) is 4.79 Å². The fourth-order valence-corrected chi connectivity index (χ4v) is 6.89. The zero-order valence-electron chi connectivity index (χ0n) is 16.5. The maximum atomic E-state index is 12.8. The van der Waals surface area contributed by atoms with Gasteiger partial charge in [0.2, 0.25) is 5.91 Å². The van der Waals surface area contributed by atoms with Crippen molar-refractivity contribution >= 4 is 14.1 Å². The molecule has 142 valence electrons. The molecule has 0 spiro atoms. The molecular formula is C19H27Cl2NO2SiZr. The molecule has 0 radical (unpaired) electrons. The summed E-state index contributed by atoms with van der Waals surface area (Å²) in [7, 11) is -0.484. The molecule has 1 aliphatic carbocycles. The van der Waals surface area contributed by atoms with Crippen LogP contribution in [0, 0.1) is 5.92 Å².